The van der Waals surface area contributed by atoms with Gasteiger partial charge in [-0.2, -0.15) is 0 Å². The van der Waals surface area contributed by atoms with Crippen molar-refractivity contribution in [2.45, 2.75) is 17.7 Å². The Hall–Kier alpha value is -2.71. The summed E-state index contributed by atoms with van der Waals surface area (Å²) in [5.74, 6) is 0.0106. The highest BCUT2D eigenvalue weighted by atomic mass is 32.2. The zero-order valence-electron chi connectivity index (χ0n) is 14.3. The van der Waals surface area contributed by atoms with Gasteiger partial charge in [0.1, 0.15) is 0 Å². The van der Waals surface area contributed by atoms with Gasteiger partial charge in [0.05, 0.1) is 11.3 Å². The maximum Gasteiger partial charge on any atom is 0.263 e. The van der Waals surface area contributed by atoms with Crippen molar-refractivity contribution in [3.63, 3.8) is 0 Å². The van der Waals surface area contributed by atoms with Gasteiger partial charge in [0.15, 0.2) is 5.13 Å². The molecule has 27 heavy (non-hydrogen) atoms. The van der Waals surface area contributed by atoms with Crippen molar-refractivity contribution in [3.05, 3.63) is 71.2 Å². The smallest absolute Gasteiger partial charge is 0.263 e. The summed E-state index contributed by atoms with van der Waals surface area (Å²) in [7, 11) is -3.70. The lowest BCUT2D eigenvalue weighted by molar-refractivity contribution is -0.117. The van der Waals surface area contributed by atoms with Gasteiger partial charge in [0.2, 0.25) is 5.91 Å². The Bertz CT molecular complexity index is 1060. The number of amides is 1. The molecular formula is C19H17N3O3S2. The Kier molecular flexibility index (Phi) is 4.67. The highest BCUT2D eigenvalue weighted by Crippen LogP contribution is 2.31. The van der Waals surface area contributed by atoms with Gasteiger partial charge < -0.3 is 4.90 Å². The van der Waals surface area contributed by atoms with E-state index in [9.17, 15) is 13.2 Å². The van der Waals surface area contributed by atoms with Crippen molar-refractivity contribution in [2.24, 2.45) is 0 Å². The van der Waals surface area contributed by atoms with E-state index >= 15 is 0 Å². The first-order chi connectivity index (χ1) is 13.0. The number of carbonyl (C=O) groups is 1. The molecule has 0 atom stereocenters. The minimum absolute atomic E-state index is 0.0106. The lowest BCUT2D eigenvalue weighted by atomic mass is 10.1. The third kappa shape index (κ3) is 3.72. The Balaban J connectivity index is 1.54. The Morgan fingerprint density at radius 1 is 1.19 bits per heavy atom. The van der Waals surface area contributed by atoms with Crippen molar-refractivity contribution in [1.82, 2.24) is 4.98 Å². The van der Waals surface area contributed by atoms with E-state index < -0.39 is 10.0 Å². The van der Waals surface area contributed by atoms with E-state index in [2.05, 4.69) is 9.71 Å². The highest BCUT2D eigenvalue weighted by molar-refractivity contribution is 7.93. The van der Waals surface area contributed by atoms with Crippen LogP contribution < -0.4 is 9.62 Å². The molecule has 0 fully saturated rings. The zero-order chi connectivity index (χ0) is 18.9. The van der Waals surface area contributed by atoms with E-state index in [1.54, 1.807) is 28.6 Å². The van der Waals surface area contributed by atoms with Crippen molar-refractivity contribution in [1.29, 1.82) is 0 Å². The largest absolute Gasteiger partial charge is 0.312 e. The van der Waals surface area contributed by atoms with Crippen LogP contribution in [0.15, 0.2) is 65.0 Å². The number of sulfonamides is 1. The Morgan fingerprint density at radius 3 is 2.74 bits per heavy atom. The molecule has 0 radical (unpaired) electrons. The molecule has 1 amide bonds. The Morgan fingerprint density at radius 2 is 2.00 bits per heavy atom. The van der Waals surface area contributed by atoms with Crippen LogP contribution in [0, 0.1) is 0 Å². The van der Waals surface area contributed by atoms with Crippen LogP contribution in [0.1, 0.15) is 11.1 Å². The lowest BCUT2D eigenvalue weighted by Gasteiger charge is -2.17. The summed E-state index contributed by atoms with van der Waals surface area (Å²) in [6, 6.07) is 14.5. The van der Waals surface area contributed by atoms with Crippen LogP contribution in [0.3, 0.4) is 0 Å². The zero-order valence-corrected chi connectivity index (χ0v) is 16.0. The molecule has 4 rings (SSSR count). The minimum atomic E-state index is -3.70. The second-order valence-corrected chi connectivity index (χ2v) is 8.77. The van der Waals surface area contributed by atoms with Crippen molar-refractivity contribution < 1.29 is 13.2 Å². The molecule has 2 aromatic carbocycles. The number of hydrogen-bond donors (Lipinski definition) is 1. The number of carbonyl (C=O) groups excluding carboxylic acids is 1. The average Bonchev–Trinajstić information content (AvgIpc) is 3.31. The molecule has 0 saturated heterocycles. The van der Waals surface area contributed by atoms with Gasteiger partial charge >= 0.3 is 0 Å². The molecule has 6 nitrogen and oxygen atoms in total. The van der Waals surface area contributed by atoms with E-state index in [0.29, 0.717) is 24.5 Å². The van der Waals surface area contributed by atoms with Crippen LogP contribution in [0.4, 0.5) is 10.8 Å². The monoisotopic (exact) mass is 399 g/mol. The molecule has 0 saturated carbocycles. The molecule has 2 heterocycles. The van der Waals surface area contributed by atoms with Gasteiger partial charge in [-0.3, -0.25) is 9.52 Å². The standard InChI is InChI=1S/C19H17N3O3S2/c23-18(12-14-4-2-1-3-5-14)22-10-8-15-13-16(6-7-17(15)22)27(24,25)21-19-20-9-11-26-19/h1-7,9,11,13H,8,10,12H2,(H,20,21). The van der Waals surface area contributed by atoms with Crippen molar-refractivity contribution in [2.75, 3.05) is 16.2 Å². The quantitative estimate of drug-likeness (QED) is 0.715. The van der Waals surface area contributed by atoms with Gasteiger partial charge in [-0.1, -0.05) is 30.3 Å². The van der Waals surface area contributed by atoms with E-state index in [1.165, 1.54) is 17.4 Å². The molecule has 1 aromatic heterocycles. The normalized spacial score (nSPS) is 13.4. The van der Waals surface area contributed by atoms with Crippen LogP contribution in [0.5, 0.6) is 0 Å². The first-order valence-corrected chi connectivity index (χ1v) is 10.8. The molecule has 3 aromatic rings. The molecule has 8 heteroatoms. The lowest BCUT2D eigenvalue weighted by Crippen LogP contribution is -2.30. The van der Waals surface area contributed by atoms with E-state index in [-0.39, 0.29) is 10.8 Å². The number of hydrogen-bond acceptors (Lipinski definition) is 5. The fourth-order valence-corrected chi connectivity index (χ4v) is 4.96. The number of nitrogens with zero attached hydrogens (tertiary/aromatic N) is 2. The van der Waals surface area contributed by atoms with Crippen LogP contribution in [-0.2, 0) is 27.7 Å². The number of anilines is 2. The summed E-state index contributed by atoms with van der Waals surface area (Å²) < 4.78 is 27.5. The van der Waals surface area contributed by atoms with Crippen LogP contribution in [-0.4, -0.2) is 25.9 Å². The maximum atomic E-state index is 12.7. The summed E-state index contributed by atoms with van der Waals surface area (Å²) in [6.45, 7) is 0.560. The summed E-state index contributed by atoms with van der Waals surface area (Å²) in [6.07, 6.45) is 2.50. The van der Waals surface area contributed by atoms with E-state index in [4.69, 9.17) is 0 Å². The highest BCUT2D eigenvalue weighted by Gasteiger charge is 2.27. The molecule has 0 bridgehead atoms. The van der Waals surface area contributed by atoms with Crippen molar-refractivity contribution in [3.8, 4) is 0 Å². The van der Waals surface area contributed by atoms with Gasteiger partial charge in [-0.15, -0.1) is 11.3 Å². The molecule has 0 unspecified atom stereocenters. The Labute approximate surface area is 161 Å². The molecule has 0 spiro atoms. The number of benzene rings is 2. The third-order valence-electron chi connectivity index (χ3n) is 4.41. The topological polar surface area (TPSA) is 79.4 Å². The summed E-state index contributed by atoms with van der Waals surface area (Å²) in [4.78, 5) is 18.5. The third-order valence-corrected chi connectivity index (χ3v) is 6.56. The van der Waals surface area contributed by atoms with Gasteiger partial charge in [0, 0.05) is 23.8 Å². The van der Waals surface area contributed by atoms with E-state index in [0.717, 1.165) is 16.8 Å². The van der Waals surface area contributed by atoms with Crippen molar-refractivity contribution >= 4 is 38.1 Å². The van der Waals surface area contributed by atoms with Crippen LogP contribution >= 0.6 is 11.3 Å². The van der Waals surface area contributed by atoms with Gasteiger partial charge in [0.25, 0.3) is 10.0 Å². The molecule has 1 aliphatic rings. The molecule has 0 aliphatic carbocycles. The number of rotatable bonds is 5. The average molecular weight is 399 g/mol. The number of fused-ring (bicyclic) bond motifs is 1. The summed E-state index contributed by atoms with van der Waals surface area (Å²) in [5, 5.41) is 2.03. The van der Waals surface area contributed by atoms with Crippen LogP contribution in [0.2, 0.25) is 0 Å². The molecule has 138 valence electrons. The SMILES string of the molecule is O=C(Cc1ccccc1)N1CCc2cc(S(=O)(=O)Nc3nccs3)ccc21. The second-order valence-electron chi connectivity index (χ2n) is 6.19. The minimum Gasteiger partial charge on any atom is -0.312 e. The first kappa shape index (κ1) is 17.7. The van der Waals surface area contributed by atoms with Gasteiger partial charge in [-0.05, 0) is 35.7 Å². The number of aromatic nitrogens is 1. The number of thiazole rings is 1. The molecule has 1 N–H and O–H groups in total. The van der Waals surface area contributed by atoms with Crippen LogP contribution in [0.25, 0.3) is 0 Å². The fraction of sp³-hybridized carbons (Fsp3) is 0.158. The second kappa shape index (κ2) is 7.13. The summed E-state index contributed by atoms with van der Waals surface area (Å²) >= 11 is 1.22. The van der Waals surface area contributed by atoms with E-state index in [1.807, 2.05) is 30.3 Å². The first-order valence-electron chi connectivity index (χ1n) is 8.42. The fourth-order valence-electron chi connectivity index (χ4n) is 3.12. The predicted octanol–water partition coefficient (Wildman–Crippen LogP) is 3.08. The molecular weight excluding hydrogens is 382 g/mol. The maximum absolute atomic E-state index is 12.7. The van der Waals surface area contributed by atoms with Gasteiger partial charge in [-0.25, -0.2) is 13.4 Å². The predicted molar refractivity (Wildman–Crippen MR) is 106 cm³/mol. The molecule has 1 aliphatic heterocycles. The number of nitrogens with one attached hydrogen (secondary N) is 1. The summed E-state index contributed by atoms with van der Waals surface area (Å²) in [5.41, 5.74) is 2.60.